The molecule has 0 radical (unpaired) electrons. The van der Waals surface area contributed by atoms with Crippen LogP contribution >= 0.6 is 0 Å². The summed E-state index contributed by atoms with van der Waals surface area (Å²) < 4.78 is 4.06. The van der Waals surface area contributed by atoms with Gasteiger partial charge in [0, 0.05) is 37.6 Å². The van der Waals surface area contributed by atoms with Crippen molar-refractivity contribution in [2.45, 2.75) is 103 Å². The molecule has 0 aliphatic rings. The molecule has 0 unspecified atom stereocenters. The van der Waals surface area contributed by atoms with Gasteiger partial charge in [-0.1, -0.05) is 77.0 Å². The topological polar surface area (TPSA) is 110 Å². The zero-order chi connectivity index (χ0) is 25.8. The average Bonchev–Trinajstić information content (AvgIpc) is 3.50. The van der Waals surface area contributed by atoms with Gasteiger partial charge in [-0.3, -0.25) is 0 Å². The number of unbranched alkanes of at least 4 members (excludes halogenated alkanes) is 13. The smallest absolute Gasteiger partial charge is 0.328 e. The van der Waals surface area contributed by atoms with Gasteiger partial charge in [0.25, 0.3) is 0 Å². The minimum atomic E-state index is -0.954. The summed E-state index contributed by atoms with van der Waals surface area (Å²) in [6.45, 7) is 1.87. The summed E-state index contributed by atoms with van der Waals surface area (Å²) in [5.41, 5.74) is 1.37. The maximum atomic E-state index is 10.5. The molecule has 0 bridgehead atoms. The number of nitrogens with zero attached hydrogens (tertiary/aromatic N) is 4. The van der Waals surface area contributed by atoms with Crippen molar-refractivity contribution in [3.05, 3.63) is 48.6 Å². The van der Waals surface area contributed by atoms with Crippen LogP contribution in [0.3, 0.4) is 0 Å². The van der Waals surface area contributed by atoms with Gasteiger partial charge in [0.2, 0.25) is 0 Å². The van der Waals surface area contributed by atoms with Crippen LogP contribution in [0.25, 0.3) is 12.2 Å². The fourth-order valence-corrected chi connectivity index (χ4v) is 4.19. The lowest BCUT2D eigenvalue weighted by molar-refractivity contribution is -0.132. The van der Waals surface area contributed by atoms with Gasteiger partial charge in [0.1, 0.15) is 0 Å². The number of aryl methyl sites for hydroxylation is 2. The first-order valence-corrected chi connectivity index (χ1v) is 13.4. The van der Waals surface area contributed by atoms with E-state index in [4.69, 9.17) is 10.2 Å². The third-order valence-electron chi connectivity index (χ3n) is 6.18. The van der Waals surface area contributed by atoms with Crippen LogP contribution < -0.4 is 0 Å². The molecule has 2 N–H and O–H groups in total. The molecular formula is C28H42N4O4. The highest BCUT2D eigenvalue weighted by Gasteiger charge is 1.99. The summed E-state index contributed by atoms with van der Waals surface area (Å²) >= 11 is 0. The first-order valence-electron chi connectivity index (χ1n) is 13.4. The van der Waals surface area contributed by atoms with E-state index >= 15 is 0 Å². The lowest BCUT2D eigenvalue weighted by Gasteiger charge is -2.04. The van der Waals surface area contributed by atoms with Crippen LogP contribution in [-0.2, 0) is 22.7 Å². The molecule has 0 fully saturated rings. The molecule has 0 aliphatic carbocycles. The van der Waals surface area contributed by atoms with Crippen LogP contribution in [0, 0.1) is 0 Å². The predicted octanol–water partition coefficient (Wildman–Crippen LogP) is 6.44. The molecule has 8 heteroatoms. The highest BCUT2D eigenvalue weighted by atomic mass is 16.4. The number of carboxylic acids is 2. The molecule has 2 heterocycles. The summed E-state index contributed by atoms with van der Waals surface area (Å²) in [6, 6.07) is 0. The van der Waals surface area contributed by atoms with E-state index in [1.165, 1.54) is 89.2 Å². The molecule has 0 saturated heterocycles. The van der Waals surface area contributed by atoms with E-state index in [1.54, 1.807) is 12.7 Å². The number of carbonyl (C=O) groups is 2. The Morgan fingerprint density at radius 3 is 1.19 bits per heavy atom. The second-order valence-electron chi connectivity index (χ2n) is 9.37. The van der Waals surface area contributed by atoms with Gasteiger partial charge >= 0.3 is 11.9 Å². The Bertz CT molecular complexity index is 869. The molecule has 0 aromatic carbocycles. The zero-order valence-electron chi connectivity index (χ0n) is 21.4. The van der Waals surface area contributed by atoms with Crippen LogP contribution in [0.4, 0.5) is 0 Å². The van der Waals surface area contributed by atoms with E-state index in [9.17, 15) is 9.59 Å². The van der Waals surface area contributed by atoms with Crippen molar-refractivity contribution in [3.8, 4) is 0 Å². The van der Waals surface area contributed by atoms with Crippen molar-refractivity contribution in [2.24, 2.45) is 0 Å². The SMILES string of the molecule is O=C(O)/C=C/c1cn(CCCCCCCCCCCCCCCCn2cnc(/C=C/C(=O)O)c2)cn1. The molecule has 2 aromatic heterocycles. The van der Waals surface area contributed by atoms with E-state index < -0.39 is 11.9 Å². The Hall–Kier alpha value is -3.16. The number of aromatic nitrogens is 4. The first kappa shape index (κ1) is 29.1. The van der Waals surface area contributed by atoms with E-state index in [2.05, 4.69) is 9.97 Å². The first-order chi connectivity index (χ1) is 17.5. The minimum absolute atomic E-state index is 0.687. The highest BCUT2D eigenvalue weighted by Crippen LogP contribution is 2.14. The monoisotopic (exact) mass is 498 g/mol. The quantitative estimate of drug-likeness (QED) is 0.151. The zero-order valence-corrected chi connectivity index (χ0v) is 21.4. The maximum Gasteiger partial charge on any atom is 0.328 e. The van der Waals surface area contributed by atoms with Crippen LogP contribution in [0.15, 0.2) is 37.2 Å². The molecule has 0 saturated carbocycles. The summed E-state index contributed by atoms with van der Waals surface area (Å²) in [7, 11) is 0. The lowest BCUT2D eigenvalue weighted by atomic mass is 10.0. The molecular weight excluding hydrogens is 456 g/mol. The fourth-order valence-electron chi connectivity index (χ4n) is 4.19. The molecule has 2 rings (SSSR count). The molecule has 36 heavy (non-hydrogen) atoms. The van der Waals surface area contributed by atoms with E-state index in [-0.39, 0.29) is 0 Å². The molecule has 8 nitrogen and oxygen atoms in total. The van der Waals surface area contributed by atoms with Crippen LogP contribution in [0.2, 0.25) is 0 Å². The van der Waals surface area contributed by atoms with Crippen molar-refractivity contribution in [1.29, 1.82) is 0 Å². The van der Waals surface area contributed by atoms with E-state index in [1.807, 2.05) is 21.5 Å². The Balaban J connectivity index is 1.32. The van der Waals surface area contributed by atoms with Gasteiger partial charge in [0.15, 0.2) is 0 Å². The van der Waals surface area contributed by atoms with Crippen molar-refractivity contribution in [1.82, 2.24) is 19.1 Å². The predicted molar refractivity (Wildman–Crippen MR) is 142 cm³/mol. The van der Waals surface area contributed by atoms with Crippen LogP contribution in [0.5, 0.6) is 0 Å². The summed E-state index contributed by atoms with van der Waals surface area (Å²) in [6.07, 6.45) is 30.5. The Labute approximate surface area is 214 Å². The average molecular weight is 499 g/mol. The van der Waals surface area contributed by atoms with Crippen molar-refractivity contribution in [3.63, 3.8) is 0 Å². The number of aliphatic carboxylic acids is 2. The largest absolute Gasteiger partial charge is 0.478 e. The molecule has 0 amide bonds. The van der Waals surface area contributed by atoms with Crippen LogP contribution in [0.1, 0.15) is 101 Å². The van der Waals surface area contributed by atoms with Gasteiger partial charge in [0.05, 0.1) is 24.0 Å². The number of imidazole rings is 2. The maximum absolute atomic E-state index is 10.5. The third kappa shape index (κ3) is 14.3. The molecule has 0 aliphatic heterocycles. The molecule has 198 valence electrons. The number of hydrogen-bond acceptors (Lipinski definition) is 4. The standard InChI is InChI=1S/C28H42N4O4/c33-27(34)17-15-25-21-31(23-29-25)19-13-11-9-7-5-3-1-2-4-6-8-10-12-14-20-32-22-26(30-24-32)16-18-28(35)36/h15-18,21-24H,1-14,19-20H2,(H,33,34)(H,35,36)/b17-15+,18-16+. The summed E-state index contributed by atoms with van der Waals surface area (Å²) in [5, 5.41) is 17.3. The fraction of sp³-hybridized carbons (Fsp3) is 0.571. The molecule has 0 spiro atoms. The Morgan fingerprint density at radius 1 is 0.583 bits per heavy atom. The van der Waals surface area contributed by atoms with Crippen molar-refractivity contribution < 1.29 is 19.8 Å². The van der Waals surface area contributed by atoms with Gasteiger partial charge in [-0.05, 0) is 25.0 Å². The van der Waals surface area contributed by atoms with Crippen LogP contribution in [-0.4, -0.2) is 41.3 Å². The van der Waals surface area contributed by atoms with Crippen molar-refractivity contribution >= 4 is 24.1 Å². The van der Waals surface area contributed by atoms with Crippen molar-refractivity contribution in [2.75, 3.05) is 0 Å². The second kappa shape index (κ2) is 18.2. The van der Waals surface area contributed by atoms with E-state index in [0.717, 1.165) is 38.1 Å². The normalized spacial score (nSPS) is 11.7. The van der Waals surface area contributed by atoms with Gasteiger partial charge in [-0.25, -0.2) is 19.6 Å². The summed E-state index contributed by atoms with van der Waals surface area (Å²) in [4.78, 5) is 29.5. The van der Waals surface area contributed by atoms with E-state index in [0.29, 0.717) is 11.4 Å². The second-order valence-corrected chi connectivity index (χ2v) is 9.37. The molecule has 2 aromatic rings. The van der Waals surface area contributed by atoms with Gasteiger partial charge in [-0.2, -0.15) is 0 Å². The minimum Gasteiger partial charge on any atom is -0.478 e. The summed E-state index contributed by atoms with van der Waals surface area (Å²) in [5.74, 6) is -1.91. The Morgan fingerprint density at radius 2 is 0.889 bits per heavy atom. The Kier molecular flexibility index (Phi) is 14.7. The molecule has 0 atom stereocenters. The third-order valence-corrected chi connectivity index (χ3v) is 6.18. The highest BCUT2D eigenvalue weighted by molar-refractivity contribution is 5.85. The van der Waals surface area contributed by atoms with Gasteiger partial charge < -0.3 is 19.3 Å². The number of carboxylic acid groups (broad SMARTS) is 2. The lowest BCUT2D eigenvalue weighted by Crippen LogP contribution is -1.94. The van der Waals surface area contributed by atoms with Gasteiger partial charge in [-0.15, -0.1) is 0 Å². The number of rotatable bonds is 21. The number of hydrogen-bond donors (Lipinski definition) is 2.